The SMILES string of the molecule is CC(C)(C)[Si](O[C@H]1C[C@@H](C(=O)CC#N)C[C@@H]1F)(c1ccccc1)c1ccccc1. The maximum absolute atomic E-state index is 15.1. The van der Waals surface area contributed by atoms with Gasteiger partial charge in [0, 0.05) is 5.92 Å². The predicted octanol–water partition coefficient (Wildman–Crippen LogP) is 4.16. The first kappa shape index (κ1) is 21.4. The van der Waals surface area contributed by atoms with E-state index in [-0.39, 0.29) is 23.7 Å². The molecular weight excluding hydrogens is 381 g/mol. The first-order chi connectivity index (χ1) is 13.8. The summed E-state index contributed by atoms with van der Waals surface area (Å²) in [5, 5.41) is 10.8. The third-order valence-corrected chi connectivity index (χ3v) is 10.9. The Labute approximate surface area is 173 Å². The van der Waals surface area contributed by atoms with E-state index in [1.165, 1.54) is 0 Å². The van der Waals surface area contributed by atoms with Crippen molar-refractivity contribution < 1.29 is 13.6 Å². The number of hydrogen-bond acceptors (Lipinski definition) is 3. The molecule has 0 radical (unpaired) electrons. The van der Waals surface area contributed by atoms with Gasteiger partial charge < -0.3 is 4.43 Å². The Morgan fingerprint density at radius 3 is 2.03 bits per heavy atom. The molecule has 0 aromatic heterocycles. The number of benzene rings is 2. The summed E-state index contributed by atoms with van der Waals surface area (Å²) in [6.07, 6.45) is -1.53. The number of carbonyl (C=O) groups is 1. The van der Waals surface area contributed by atoms with E-state index in [1.54, 1.807) is 0 Å². The summed E-state index contributed by atoms with van der Waals surface area (Å²) in [6.45, 7) is 6.46. The topological polar surface area (TPSA) is 50.1 Å². The molecule has 0 bridgehead atoms. The molecule has 0 saturated heterocycles. The summed E-state index contributed by atoms with van der Waals surface area (Å²) in [5.41, 5.74) is 0. The molecule has 3 atom stereocenters. The number of halogens is 1. The lowest BCUT2D eigenvalue weighted by molar-refractivity contribution is -0.121. The standard InChI is InChI=1S/C24H28FNO2Si/c1-24(2,3)29(19-10-6-4-7-11-19,20-12-8-5-9-13-20)28-23-17-18(16-21(23)25)22(27)14-15-26/h4-13,18,21,23H,14,16-17H2,1-3H3/t18-,21-,23-/m0/s1. The van der Waals surface area contributed by atoms with Crippen LogP contribution in [0.15, 0.2) is 60.7 Å². The normalized spacial score (nSPS) is 22.2. The minimum atomic E-state index is -2.86. The Morgan fingerprint density at radius 2 is 1.59 bits per heavy atom. The van der Waals surface area contributed by atoms with Gasteiger partial charge in [0.1, 0.15) is 12.0 Å². The fraction of sp³-hybridized carbons (Fsp3) is 0.417. The number of nitriles is 1. The second-order valence-electron chi connectivity index (χ2n) is 8.81. The number of hydrogen-bond donors (Lipinski definition) is 0. The summed E-state index contributed by atoms with van der Waals surface area (Å²) in [4.78, 5) is 12.2. The van der Waals surface area contributed by atoms with Crippen LogP contribution >= 0.6 is 0 Å². The van der Waals surface area contributed by atoms with E-state index < -0.39 is 26.5 Å². The van der Waals surface area contributed by atoms with Gasteiger partial charge >= 0.3 is 0 Å². The van der Waals surface area contributed by atoms with Crippen molar-refractivity contribution in [1.82, 2.24) is 0 Å². The van der Waals surface area contributed by atoms with Crippen LogP contribution in [0, 0.1) is 17.2 Å². The summed E-state index contributed by atoms with van der Waals surface area (Å²) in [7, 11) is -2.86. The van der Waals surface area contributed by atoms with Crippen LogP contribution in [0.4, 0.5) is 4.39 Å². The molecule has 3 nitrogen and oxygen atoms in total. The van der Waals surface area contributed by atoms with Crippen molar-refractivity contribution >= 4 is 24.5 Å². The number of nitrogens with zero attached hydrogens (tertiary/aromatic N) is 1. The van der Waals surface area contributed by atoms with Gasteiger partial charge in [-0.3, -0.25) is 4.79 Å². The van der Waals surface area contributed by atoms with Crippen LogP contribution < -0.4 is 10.4 Å². The monoisotopic (exact) mass is 409 g/mol. The van der Waals surface area contributed by atoms with Gasteiger partial charge in [0.2, 0.25) is 0 Å². The van der Waals surface area contributed by atoms with E-state index >= 15 is 4.39 Å². The predicted molar refractivity (Wildman–Crippen MR) is 115 cm³/mol. The Bertz CT molecular complexity index is 834. The van der Waals surface area contributed by atoms with Gasteiger partial charge in [-0.15, -0.1) is 0 Å². The molecule has 0 unspecified atom stereocenters. The molecular formula is C24H28FNO2Si. The van der Waals surface area contributed by atoms with E-state index in [2.05, 4.69) is 45.0 Å². The van der Waals surface area contributed by atoms with Crippen LogP contribution in [0.5, 0.6) is 0 Å². The maximum atomic E-state index is 15.1. The van der Waals surface area contributed by atoms with Gasteiger partial charge in [0.25, 0.3) is 8.32 Å². The highest BCUT2D eigenvalue weighted by molar-refractivity contribution is 6.99. The van der Waals surface area contributed by atoms with E-state index in [0.29, 0.717) is 6.42 Å². The second kappa shape index (κ2) is 8.60. The summed E-state index contributed by atoms with van der Waals surface area (Å²) >= 11 is 0. The van der Waals surface area contributed by atoms with Gasteiger partial charge in [0.15, 0.2) is 0 Å². The zero-order chi connectivity index (χ0) is 21.1. The number of alkyl halides is 1. The highest BCUT2D eigenvalue weighted by Gasteiger charge is 2.53. The van der Waals surface area contributed by atoms with Gasteiger partial charge in [-0.05, 0) is 28.3 Å². The number of ketones is 1. The maximum Gasteiger partial charge on any atom is 0.261 e. The van der Waals surface area contributed by atoms with Gasteiger partial charge in [-0.1, -0.05) is 81.4 Å². The number of Topliss-reactive ketones (excluding diaryl/α,β-unsaturated/α-hetero) is 1. The number of rotatable bonds is 6. The molecule has 2 aromatic carbocycles. The van der Waals surface area contributed by atoms with Crippen LogP contribution in [-0.2, 0) is 9.22 Å². The molecule has 0 amide bonds. The summed E-state index contributed by atoms with van der Waals surface area (Å²) in [5.74, 6) is -0.614. The highest BCUT2D eigenvalue weighted by Crippen LogP contribution is 2.41. The highest BCUT2D eigenvalue weighted by atomic mass is 28.4. The zero-order valence-corrected chi connectivity index (χ0v) is 18.3. The minimum absolute atomic E-state index is 0.142. The van der Waals surface area contributed by atoms with Crippen LogP contribution in [0.2, 0.25) is 5.04 Å². The third-order valence-electron chi connectivity index (χ3n) is 5.88. The molecule has 3 rings (SSSR count). The lowest BCUT2D eigenvalue weighted by atomic mass is 10.0. The van der Waals surface area contributed by atoms with Crippen LogP contribution in [-0.4, -0.2) is 26.4 Å². The van der Waals surface area contributed by atoms with Gasteiger partial charge in [0.05, 0.1) is 18.6 Å². The van der Waals surface area contributed by atoms with E-state index in [0.717, 1.165) is 10.4 Å². The second-order valence-corrected chi connectivity index (χ2v) is 13.1. The molecule has 0 aliphatic heterocycles. The van der Waals surface area contributed by atoms with Crippen LogP contribution in [0.1, 0.15) is 40.0 Å². The van der Waals surface area contributed by atoms with Crippen molar-refractivity contribution in [3.05, 3.63) is 60.7 Å². The van der Waals surface area contributed by atoms with Crippen molar-refractivity contribution in [2.24, 2.45) is 5.92 Å². The average Bonchev–Trinajstić information content (AvgIpc) is 3.07. The Balaban J connectivity index is 2.05. The minimum Gasteiger partial charge on any atom is -0.401 e. The molecule has 1 aliphatic carbocycles. The van der Waals surface area contributed by atoms with Crippen molar-refractivity contribution in [3.8, 4) is 6.07 Å². The van der Waals surface area contributed by atoms with Gasteiger partial charge in [-0.2, -0.15) is 5.26 Å². The number of carbonyl (C=O) groups excluding carboxylic acids is 1. The fourth-order valence-electron chi connectivity index (χ4n) is 4.47. The molecule has 1 saturated carbocycles. The quantitative estimate of drug-likeness (QED) is 0.673. The molecule has 0 heterocycles. The van der Waals surface area contributed by atoms with Crippen molar-refractivity contribution in [2.75, 3.05) is 0 Å². The van der Waals surface area contributed by atoms with Crippen molar-refractivity contribution in [1.29, 1.82) is 5.26 Å². The van der Waals surface area contributed by atoms with E-state index in [9.17, 15) is 4.79 Å². The molecule has 1 fully saturated rings. The van der Waals surface area contributed by atoms with Crippen LogP contribution in [0.25, 0.3) is 0 Å². The largest absolute Gasteiger partial charge is 0.401 e. The van der Waals surface area contributed by atoms with E-state index in [4.69, 9.17) is 9.69 Å². The van der Waals surface area contributed by atoms with E-state index in [1.807, 2.05) is 42.5 Å². The molecule has 5 heteroatoms. The fourth-order valence-corrected chi connectivity index (χ4v) is 9.19. The Hall–Kier alpha value is -2.29. The molecule has 29 heavy (non-hydrogen) atoms. The summed E-state index contributed by atoms with van der Waals surface area (Å²) < 4.78 is 21.9. The molecule has 2 aromatic rings. The molecule has 1 aliphatic rings. The first-order valence-electron chi connectivity index (χ1n) is 10.1. The van der Waals surface area contributed by atoms with Crippen molar-refractivity contribution in [2.45, 2.75) is 57.3 Å². The van der Waals surface area contributed by atoms with Gasteiger partial charge in [-0.25, -0.2) is 4.39 Å². The Morgan fingerprint density at radius 1 is 1.07 bits per heavy atom. The zero-order valence-electron chi connectivity index (χ0n) is 17.3. The first-order valence-corrected chi connectivity index (χ1v) is 12.0. The molecule has 0 N–H and O–H groups in total. The smallest absolute Gasteiger partial charge is 0.261 e. The molecule has 152 valence electrons. The average molecular weight is 410 g/mol. The summed E-state index contributed by atoms with van der Waals surface area (Å²) in [6, 6.07) is 22.1. The van der Waals surface area contributed by atoms with Crippen molar-refractivity contribution in [3.63, 3.8) is 0 Å². The lowest BCUT2D eigenvalue weighted by Gasteiger charge is -2.45. The lowest BCUT2D eigenvalue weighted by Crippen LogP contribution is -2.68. The Kier molecular flexibility index (Phi) is 6.35. The van der Waals surface area contributed by atoms with Crippen LogP contribution in [0.3, 0.4) is 0 Å². The molecule has 0 spiro atoms. The third kappa shape index (κ3) is 4.19.